The van der Waals surface area contributed by atoms with Gasteiger partial charge in [-0.1, -0.05) is 72.6 Å². The Morgan fingerprint density at radius 3 is 1.98 bits per heavy atom. The summed E-state index contributed by atoms with van der Waals surface area (Å²) < 4.78 is 5.28. The van der Waals surface area contributed by atoms with Gasteiger partial charge in [-0.15, -0.1) is 0 Å². The van der Waals surface area contributed by atoms with E-state index in [1.165, 1.54) is 32.1 Å². The Bertz CT molecular complexity index is 1000. The van der Waals surface area contributed by atoms with Gasteiger partial charge in [0.05, 0.1) is 17.7 Å². The minimum Gasteiger partial charge on any atom is -0.478 e. The molecule has 0 saturated heterocycles. The van der Waals surface area contributed by atoms with E-state index in [0.717, 1.165) is 48.5 Å². The monoisotopic (exact) mass is 554 g/mol. The van der Waals surface area contributed by atoms with E-state index in [9.17, 15) is 14.7 Å². The molecule has 0 fully saturated rings. The van der Waals surface area contributed by atoms with Gasteiger partial charge in [0, 0.05) is 39.6 Å². The number of aromatic carboxylic acids is 1. The largest absolute Gasteiger partial charge is 0.478 e. The number of benzene rings is 2. The maximum atomic E-state index is 11.8. The highest BCUT2D eigenvalue weighted by molar-refractivity contribution is 5.90. The third-order valence-electron chi connectivity index (χ3n) is 7.17. The molecule has 0 aliphatic carbocycles. The van der Waals surface area contributed by atoms with Crippen LogP contribution in [0.3, 0.4) is 0 Å². The summed E-state index contributed by atoms with van der Waals surface area (Å²) >= 11 is 0. The minimum atomic E-state index is -0.823. The first-order valence-corrected chi connectivity index (χ1v) is 15.0. The number of carboxylic acid groups (broad SMARTS) is 1. The number of anilines is 2. The summed E-state index contributed by atoms with van der Waals surface area (Å²) in [5.74, 6) is 0.285. The summed E-state index contributed by atoms with van der Waals surface area (Å²) in [4.78, 5) is 27.2. The van der Waals surface area contributed by atoms with Crippen LogP contribution in [0.2, 0.25) is 0 Å². The Morgan fingerprint density at radius 2 is 1.45 bits per heavy atom. The predicted octanol–water partition coefficient (Wildman–Crippen LogP) is 8.34. The van der Waals surface area contributed by atoms with Gasteiger partial charge >= 0.3 is 11.9 Å². The third kappa shape index (κ3) is 13.4. The normalized spacial score (nSPS) is 11.4. The van der Waals surface area contributed by atoms with Gasteiger partial charge in [-0.25, -0.2) is 9.59 Å². The van der Waals surface area contributed by atoms with E-state index in [-0.39, 0.29) is 5.97 Å². The van der Waals surface area contributed by atoms with Crippen molar-refractivity contribution < 1.29 is 19.4 Å². The summed E-state index contributed by atoms with van der Waals surface area (Å²) in [6, 6.07) is 13.1. The molecule has 1 unspecified atom stereocenters. The summed E-state index contributed by atoms with van der Waals surface area (Å²) in [7, 11) is 7.91. The highest BCUT2D eigenvalue weighted by atomic mass is 16.5. The zero-order valence-corrected chi connectivity index (χ0v) is 26.3. The van der Waals surface area contributed by atoms with Crippen molar-refractivity contribution in [1.29, 1.82) is 0 Å². The standard InChI is InChI=1S/2C17H27NO2/c1-14(2)8-6-5-7-13-20-17(19)15-9-11-16(12-10-15)18(3)4;1-5-7-8-13(6-2)11-14-12-15(18(3)4)9-10-16(14)17(19)20/h9-12,14H,5-8,13H2,1-4H3;9-10,12-13H,5-8,11H2,1-4H3,(H,19,20). The molecule has 0 amide bonds. The van der Waals surface area contributed by atoms with Crippen molar-refractivity contribution in [2.45, 2.75) is 85.5 Å². The first kappa shape index (κ1) is 35.0. The number of hydrogen-bond acceptors (Lipinski definition) is 5. The smallest absolute Gasteiger partial charge is 0.338 e. The molecule has 6 heteroatoms. The Hall–Kier alpha value is -3.02. The van der Waals surface area contributed by atoms with Gasteiger partial charge in [-0.2, -0.15) is 0 Å². The molecule has 1 atom stereocenters. The number of carbonyl (C=O) groups excluding carboxylic acids is 1. The van der Waals surface area contributed by atoms with Crippen molar-refractivity contribution in [3.63, 3.8) is 0 Å². The fraction of sp³-hybridized carbons (Fsp3) is 0.588. The molecule has 0 aliphatic heterocycles. The second-order valence-corrected chi connectivity index (χ2v) is 11.5. The Balaban J connectivity index is 0.000000400. The Labute approximate surface area is 243 Å². The highest BCUT2D eigenvalue weighted by Gasteiger charge is 2.15. The first-order valence-electron chi connectivity index (χ1n) is 15.0. The van der Waals surface area contributed by atoms with Crippen LogP contribution in [0, 0.1) is 11.8 Å². The molecule has 0 heterocycles. The third-order valence-corrected chi connectivity index (χ3v) is 7.17. The van der Waals surface area contributed by atoms with E-state index >= 15 is 0 Å². The summed E-state index contributed by atoms with van der Waals surface area (Å²) in [6.07, 6.45) is 10.1. The SMILES string of the molecule is CC(C)CCCCCOC(=O)c1ccc(N(C)C)cc1.CCCCC(CC)Cc1cc(N(C)C)ccc1C(=O)O. The molecule has 0 aromatic heterocycles. The molecule has 6 nitrogen and oxygen atoms in total. The van der Waals surface area contributed by atoms with E-state index in [4.69, 9.17) is 4.74 Å². The van der Waals surface area contributed by atoms with Crippen molar-refractivity contribution in [3.05, 3.63) is 59.2 Å². The number of esters is 1. The van der Waals surface area contributed by atoms with Crippen LogP contribution in [0.5, 0.6) is 0 Å². The zero-order chi connectivity index (χ0) is 30.1. The van der Waals surface area contributed by atoms with Gasteiger partial charge in [-0.3, -0.25) is 0 Å². The highest BCUT2D eigenvalue weighted by Crippen LogP contribution is 2.25. The molecule has 40 heavy (non-hydrogen) atoms. The molecule has 2 aromatic carbocycles. The average molecular weight is 555 g/mol. The summed E-state index contributed by atoms with van der Waals surface area (Å²) in [6.45, 7) is 9.37. The molecule has 0 saturated carbocycles. The van der Waals surface area contributed by atoms with E-state index in [2.05, 4.69) is 27.7 Å². The second kappa shape index (κ2) is 19.1. The lowest BCUT2D eigenvalue weighted by atomic mass is 9.89. The average Bonchev–Trinajstić information content (AvgIpc) is 2.92. The van der Waals surface area contributed by atoms with E-state index in [1.54, 1.807) is 6.07 Å². The molecule has 2 aromatic rings. The van der Waals surface area contributed by atoms with Gasteiger partial charge < -0.3 is 19.6 Å². The van der Waals surface area contributed by atoms with Crippen molar-refractivity contribution in [3.8, 4) is 0 Å². The Kier molecular flexibility index (Phi) is 16.7. The number of carbonyl (C=O) groups is 2. The van der Waals surface area contributed by atoms with Crippen molar-refractivity contribution in [1.82, 2.24) is 0 Å². The lowest BCUT2D eigenvalue weighted by Gasteiger charge is -2.19. The fourth-order valence-corrected chi connectivity index (χ4v) is 4.47. The number of rotatable bonds is 16. The lowest BCUT2D eigenvalue weighted by molar-refractivity contribution is 0.0497. The van der Waals surface area contributed by atoms with Gasteiger partial charge in [0.15, 0.2) is 0 Å². The number of carboxylic acids is 1. The summed E-state index contributed by atoms with van der Waals surface area (Å²) in [5.41, 5.74) is 4.18. The van der Waals surface area contributed by atoms with Crippen LogP contribution in [-0.4, -0.2) is 51.8 Å². The maximum Gasteiger partial charge on any atom is 0.338 e. The molecule has 2 rings (SSSR count). The number of ether oxygens (including phenoxy) is 1. The lowest BCUT2D eigenvalue weighted by Crippen LogP contribution is -2.13. The van der Waals surface area contributed by atoms with Gasteiger partial charge in [0.25, 0.3) is 0 Å². The molecular formula is C34H54N2O4. The van der Waals surface area contributed by atoms with Gasteiger partial charge in [0.1, 0.15) is 0 Å². The zero-order valence-electron chi connectivity index (χ0n) is 26.3. The molecule has 1 N–H and O–H groups in total. The van der Waals surface area contributed by atoms with Crippen LogP contribution in [0.15, 0.2) is 42.5 Å². The maximum absolute atomic E-state index is 11.8. The van der Waals surface area contributed by atoms with Crippen molar-refractivity contribution >= 4 is 23.3 Å². The van der Waals surface area contributed by atoms with Crippen LogP contribution < -0.4 is 9.80 Å². The molecule has 0 spiro atoms. The fourth-order valence-electron chi connectivity index (χ4n) is 4.47. The van der Waals surface area contributed by atoms with Crippen LogP contribution in [0.4, 0.5) is 11.4 Å². The van der Waals surface area contributed by atoms with Crippen LogP contribution in [-0.2, 0) is 11.2 Å². The first-order chi connectivity index (χ1) is 19.0. The molecular weight excluding hydrogens is 500 g/mol. The van der Waals surface area contributed by atoms with E-state index in [0.29, 0.717) is 23.7 Å². The second-order valence-electron chi connectivity index (χ2n) is 11.5. The number of unbranched alkanes of at least 4 members (excludes halogenated alkanes) is 3. The topological polar surface area (TPSA) is 70.1 Å². The van der Waals surface area contributed by atoms with E-state index < -0.39 is 5.97 Å². The molecule has 224 valence electrons. The number of hydrogen-bond donors (Lipinski definition) is 1. The van der Waals surface area contributed by atoms with Gasteiger partial charge in [0.2, 0.25) is 0 Å². The van der Waals surface area contributed by atoms with E-state index in [1.807, 2.05) is 74.4 Å². The quantitative estimate of drug-likeness (QED) is 0.166. The van der Waals surface area contributed by atoms with Crippen LogP contribution in [0.1, 0.15) is 105 Å². The Morgan fingerprint density at radius 1 is 0.825 bits per heavy atom. The summed E-state index contributed by atoms with van der Waals surface area (Å²) in [5, 5.41) is 9.34. The van der Waals surface area contributed by atoms with Crippen LogP contribution >= 0.6 is 0 Å². The predicted molar refractivity (Wildman–Crippen MR) is 169 cm³/mol. The molecule has 0 radical (unpaired) electrons. The molecule has 0 bridgehead atoms. The van der Waals surface area contributed by atoms with Crippen molar-refractivity contribution in [2.75, 3.05) is 44.6 Å². The van der Waals surface area contributed by atoms with Gasteiger partial charge in [-0.05, 0) is 72.7 Å². The van der Waals surface area contributed by atoms with Crippen LogP contribution in [0.25, 0.3) is 0 Å². The minimum absolute atomic E-state index is 0.223. The number of nitrogens with zero attached hydrogens (tertiary/aromatic N) is 2. The molecule has 0 aliphatic rings. The van der Waals surface area contributed by atoms with Crippen molar-refractivity contribution in [2.24, 2.45) is 11.8 Å².